The normalized spacial score (nSPS) is 11.1. The maximum atomic E-state index is 14.1. The fourth-order valence-corrected chi connectivity index (χ4v) is 4.24. The summed E-state index contributed by atoms with van der Waals surface area (Å²) < 4.78 is 20.2. The van der Waals surface area contributed by atoms with Crippen LogP contribution in [0.3, 0.4) is 0 Å². The first-order valence-corrected chi connectivity index (χ1v) is 10.3. The molecule has 2 aromatic heterocycles. The van der Waals surface area contributed by atoms with Crippen molar-refractivity contribution in [2.24, 2.45) is 0 Å². The number of nitrogens with zero attached hydrogens (tertiary/aromatic N) is 3. The summed E-state index contributed by atoms with van der Waals surface area (Å²) in [4.78, 5) is 33.6. The second kappa shape index (κ2) is 8.62. The Balaban J connectivity index is 1.73. The highest BCUT2D eigenvalue weighted by Gasteiger charge is 2.14. The Morgan fingerprint density at radius 2 is 2.03 bits per heavy atom. The monoisotopic (exact) mass is 423 g/mol. The van der Waals surface area contributed by atoms with E-state index in [1.54, 1.807) is 36.5 Å². The van der Waals surface area contributed by atoms with Gasteiger partial charge >= 0.3 is 5.97 Å². The number of aromatic nitrogens is 3. The van der Waals surface area contributed by atoms with Crippen molar-refractivity contribution in [2.75, 3.05) is 7.11 Å². The minimum atomic E-state index is -0.411. The molecule has 0 bridgehead atoms. The van der Waals surface area contributed by atoms with Crippen LogP contribution in [0.4, 0.5) is 4.39 Å². The van der Waals surface area contributed by atoms with Crippen LogP contribution in [0.5, 0.6) is 0 Å². The summed E-state index contributed by atoms with van der Waals surface area (Å²) in [7, 11) is 1.31. The van der Waals surface area contributed by atoms with E-state index in [1.807, 2.05) is 6.07 Å². The van der Waals surface area contributed by atoms with Crippen LogP contribution in [0, 0.1) is 5.82 Å². The molecule has 30 heavy (non-hydrogen) atoms. The van der Waals surface area contributed by atoms with E-state index in [1.165, 1.54) is 35.6 Å². The molecule has 8 heteroatoms. The molecule has 4 aromatic rings. The lowest BCUT2D eigenvalue weighted by atomic mass is 10.1. The van der Waals surface area contributed by atoms with Crippen LogP contribution in [-0.4, -0.2) is 27.6 Å². The number of benzene rings is 2. The molecule has 0 fully saturated rings. The van der Waals surface area contributed by atoms with Gasteiger partial charge in [-0.05, 0) is 35.9 Å². The Morgan fingerprint density at radius 3 is 2.87 bits per heavy atom. The zero-order valence-electron chi connectivity index (χ0n) is 16.2. The minimum absolute atomic E-state index is 0.0500. The predicted octanol–water partition coefficient (Wildman–Crippen LogP) is 3.94. The average molecular weight is 423 g/mol. The van der Waals surface area contributed by atoms with Crippen LogP contribution in [0.2, 0.25) is 0 Å². The first-order chi connectivity index (χ1) is 14.6. The van der Waals surface area contributed by atoms with Gasteiger partial charge in [0.15, 0.2) is 5.16 Å². The topological polar surface area (TPSA) is 74.1 Å². The second-order valence-corrected chi connectivity index (χ2v) is 7.57. The van der Waals surface area contributed by atoms with E-state index in [0.717, 1.165) is 0 Å². The number of fused-ring (bicyclic) bond motifs is 2. The highest BCUT2D eigenvalue weighted by Crippen LogP contribution is 2.27. The van der Waals surface area contributed by atoms with Gasteiger partial charge in [0.1, 0.15) is 5.82 Å². The van der Waals surface area contributed by atoms with Crippen molar-refractivity contribution >= 4 is 39.5 Å². The number of halogens is 1. The molecule has 0 N–H and O–H groups in total. The summed E-state index contributed by atoms with van der Waals surface area (Å²) in [5.41, 5.74) is 1.75. The quantitative estimate of drug-likeness (QED) is 0.266. The fraction of sp³-hybridized carbons (Fsp3) is 0.182. The van der Waals surface area contributed by atoms with Gasteiger partial charge in [-0.25, -0.2) is 9.37 Å². The Kier molecular flexibility index (Phi) is 5.76. The first kappa shape index (κ1) is 20.0. The molecule has 0 atom stereocenters. The van der Waals surface area contributed by atoms with Gasteiger partial charge in [0, 0.05) is 23.9 Å². The number of hydrogen-bond donors (Lipinski definition) is 0. The van der Waals surface area contributed by atoms with Crippen LogP contribution in [0.15, 0.2) is 64.7 Å². The van der Waals surface area contributed by atoms with E-state index in [0.29, 0.717) is 38.3 Å². The third kappa shape index (κ3) is 4.04. The molecular formula is C22H18FN3O3S. The Labute approximate surface area is 175 Å². The van der Waals surface area contributed by atoms with E-state index < -0.39 is 5.97 Å². The zero-order chi connectivity index (χ0) is 21.1. The minimum Gasteiger partial charge on any atom is -0.469 e. The van der Waals surface area contributed by atoms with Gasteiger partial charge in [0.2, 0.25) is 0 Å². The number of pyridine rings is 1. The molecular weight excluding hydrogens is 405 g/mol. The van der Waals surface area contributed by atoms with Gasteiger partial charge in [0.05, 0.1) is 30.0 Å². The van der Waals surface area contributed by atoms with Crippen LogP contribution >= 0.6 is 11.8 Å². The van der Waals surface area contributed by atoms with Crippen molar-refractivity contribution in [3.63, 3.8) is 0 Å². The lowest BCUT2D eigenvalue weighted by Gasteiger charge is -2.13. The molecule has 4 rings (SSSR count). The first-order valence-electron chi connectivity index (χ1n) is 9.29. The average Bonchev–Trinajstić information content (AvgIpc) is 2.76. The van der Waals surface area contributed by atoms with Crippen LogP contribution in [-0.2, 0) is 21.8 Å². The molecule has 2 aromatic carbocycles. The fourth-order valence-electron chi connectivity index (χ4n) is 3.24. The van der Waals surface area contributed by atoms with Crippen molar-refractivity contribution in [1.82, 2.24) is 14.5 Å². The molecule has 0 radical (unpaired) electrons. The van der Waals surface area contributed by atoms with Crippen molar-refractivity contribution in [1.29, 1.82) is 0 Å². The number of methoxy groups -OCH3 is 1. The van der Waals surface area contributed by atoms with Gasteiger partial charge in [0.25, 0.3) is 5.56 Å². The highest BCUT2D eigenvalue weighted by atomic mass is 32.2. The number of carbonyl (C=O) groups is 1. The molecule has 0 saturated carbocycles. The molecule has 0 aliphatic carbocycles. The van der Waals surface area contributed by atoms with Crippen molar-refractivity contribution < 1.29 is 13.9 Å². The van der Waals surface area contributed by atoms with Gasteiger partial charge in [-0.2, -0.15) is 0 Å². The standard InChI is InChI=1S/C22H18FN3O3S/c1-29-19(27)8-10-26-21(28)17-6-2-3-7-18(17)25-22(26)30-13-15-12-16(23)11-14-5-4-9-24-20(14)15/h2-7,9,11-12H,8,10,13H2,1H3. The molecule has 152 valence electrons. The van der Waals surface area contributed by atoms with Gasteiger partial charge in [-0.1, -0.05) is 30.0 Å². The number of ether oxygens (including phenoxy) is 1. The molecule has 0 spiro atoms. The van der Waals surface area contributed by atoms with Gasteiger partial charge in [-0.3, -0.25) is 19.1 Å². The third-order valence-corrected chi connectivity index (χ3v) is 5.72. The Hall–Kier alpha value is -3.26. The van der Waals surface area contributed by atoms with E-state index in [4.69, 9.17) is 4.74 Å². The maximum Gasteiger partial charge on any atom is 0.307 e. The van der Waals surface area contributed by atoms with E-state index in [9.17, 15) is 14.0 Å². The molecule has 2 heterocycles. The number of thioether (sulfide) groups is 1. The number of rotatable bonds is 6. The van der Waals surface area contributed by atoms with E-state index in [2.05, 4.69) is 9.97 Å². The number of esters is 1. The summed E-state index contributed by atoms with van der Waals surface area (Å²) in [5.74, 6) is -0.388. The summed E-state index contributed by atoms with van der Waals surface area (Å²) in [6.45, 7) is 0.147. The van der Waals surface area contributed by atoms with Crippen molar-refractivity contribution in [3.05, 3.63) is 76.5 Å². The molecule has 0 unspecified atom stereocenters. The van der Waals surface area contributed by atoms with Gasteiger partial charge in [-0.15, -0.1) is 0 Å². The molecule has 0 aliphatic heterocycles. The van der Waals surface area contributed by atoms with Crippen molar-refractivity contribution in [3.8, 4) is 0 Å². The van der Waals surface area contributed by atoms with Crippen molar-refractivity contribution in [2.45, 2.75) is 23.9 Å². The summed E-state index contributed by atoms with van der Waals surface area (Å²) >= 11 is 1.31. The number of carbonyl (C=O) groups excluding carboxylic acids is 1. The summed E-state index contributed by atoms with van der Waals surface area (Å²) in [5, 5.41) is 1.64. The van der Waals surface area contributed by atoms with Crippen LogP contribution < -0.4 is 5.56 Å². The predicted molar refractivity (Wildman–Crippen MR) is 114 cm³/mol. The van der Waals surface area contributed by atoms with Gasteiger partial charge < -0.3 is 4.74 Å². The zero-order valence-corrected chi connectivity index (χ0v) is 17.0. The SMILES string of the molecule is COC(=O)CCn1c(SCc2cc(F)cc3cccnc23)nc2ccccc2c1=O. The van der Waals surface area contributed by atoms with Crippen LogP contribution in [0.1, 0.15) is 12.0 Å². The Bertz CT molecular complexity index is 1310. The third-order valence-electron chi connectivity index (χ3n) is 4.70. The van der Waals surface area contributed by atoms with E-state index >= 15 is 0 Å². The second-order valence-electron chi connectivity index (χ2n) is 6.62. The molecule has 0 amide bonds. The van der Waals surface area contributed by atoms with E-state index in [-0.39, 0.29) is 24.3 Å². The lowest BCUT2D eigenvalue weighted by Crippen LogP contribution is -2.24. The summed E-state index contributed by atoms with van der Waals surface area (Å²) in [6.07, 6.45) is 1.71. The number of hydrogen-bond acceptors (Lipinski definition) is 6. The molecule has 0 saturated heterocycles. The molecule has 0 aliphatic rings. The largest absolute Gasteiger partial charge is 0.469 e. The maximum absolute atomic E-state index is 14.1. The number of para-hydroxylation sites is 1. The summed E-state index contributed by atoms with van der Waals surface area (Å²) in [6, 6.07) is 13.5. The Morgan fingerprint density at radius 1 is 1.20 bits per heavy atom. The highest BCUT2D eigenvalue weighted by molar-refractivity contribution is 7.98. The van der Waals surface area contributed by atoms with Crippen LogP contribution in [0.25, 0.3) is 21.8 Å². The smallest absolute Gasteiger partial charge is 0.307 e. The molecule has 6 nitrogen and oxygen atoms in total. The lowest BCUT2D eigenvalue weighted by molar-refractivity contribution is -0.140.